The first-order valence-corrected chi connectivity index (χ1v) is 10.4. The third-order valence-corrected chi connectivity index (χ3v) is 6.81. The van der Waals surface area contributed by atoms with Crippen LogP contribution >= 0.6 is 0 Å². The SMILES string of the molecule is COc1cccc(-c2ccc(C(=O)N3C[C@@H](CS(=O)(=O)N(C)C)[C@@H](O)C3)o2)c1. The Labute approximate surface area is 164 Å². The second kappa shape index (κ2) is 7.94. The first-order valence-electron chi connectivity index (χ1n) is 8.83. The molecule has 0 radical (unpaired) electrons. The van der Waals surface area contributed by atoms with E-state index >= 15 is 0 Å². The first-order chi connectivity index (χ1) is 13.2. The van der Waals surface area contributed by atoms with Crippen LogP contribution < -0.4 is 4.74 Å². The number of β-amino-alcohol motifs (C(OH)–C–C–N with tert-alkyl or cyclic N) is 1. The Morgan fingerprint density at radius 1 is 1.29 bits per heavy atom. The maximum absolute atomic E-state index is 12.7. The molecule has 1 amide bonds. The lowest BCUT2D eigenvalue weighted by atomic mass is 10.1. The molecule has 28 heavy (non-hydrogen) atoms. The van der Waals surface area contributed by atoms with Crippen molar-refractivity contribution in [1.29, 1.82) is 0 Å². The van der Waals surface area contributed by atoms with Gasteiger partial charge in [0, 0.05) is 38.7 Å². The van der Waals surface area contributed by atoms with Gasteiger partial charge in [-0.1, -0.05) is 12.1 Å². The molecular formula is C19H24N2O6S. The van der Waals surface area contributed by atoms with Gasteiger partial charge in [-0.15, -0.1) is 0 Å². The highest BCUT2D eigenvalue weighted by molar-refractivity contribution is 7.89. The third kappa shape index (κ3) is 4.21. The van der Waals surface area contributed by atoms with Crippen molar-refractivity contribution in [3.05, 3.63) is 42.2 Å². The molecular weight excluding hydrogens is 384 g/mol. The lowest BCUT2D eigenvalue weighted by Gasteiger charge is -2.17. The monoisotopic (exact) mass is 408 g/mol. The summed E-state index contributed by atoms with van der Waals surface area (Å²) in [5, 5.41) is 10.2. The number of aliphatic hydroxyl groups excluding tert-OH is 1. The Hall–Kier alpha value is -2.36. The fourth-order valence-electron chi connectivity index (χ4n) is 3.14. The quantitative estimate of drug-likeness (QED) is 0.773. The molecule has 1 fully saturated rings. The van der Waals surface area contributed by atoms with Crippen molar-refractivity contribution in [2.45, 2.75) is 6.10 Å². The van der Waals surface area contributed by atoms with Crippen molar-refractivity contribution < 1.29 is 27.5 Å². The van der Waals surface area contributed by atoms with Gasteiger partial charge in [0.15, 0.2) is 5.76 Å². The Morgan fingerprint density at radius 2 is 2.04 bits per heavy atom. The highest BCUT2D eigenvalue weighted by Crippen LogP contribution is 2.27. The van der Waals surface area contributed by atoms with Gasteiger partial charge in [-0.2, -0.15) is 0 Å². The minimum absolute atomic E-state index is 0.0711. The van der Waals surface area contributed by atoms with Crippen LogP contribution in [0.2, 0.25) is 0 Å². The van der Waals surface area contributed by atoms with E-state index in [1.165, 1.54) is 19.0 Å². The standard InChI is InChI=1S/C19H24N2O6S/c1-20(2)28(24,25)12-14-10-21(11-16(14)22)19(23)18-8-7-17(27-18)13-5-4-6-15(9-13)26-3/h4-9,14,16,22H,10-12H2,1-3H3/t14-,16-/m0/s1. The second-order valence-corrected chi connectivity index (χ2v) is 9.22. The largest absolute Gasteiger partial charge is 0.497 e. The summed E-state index contributed by atoms with van der Waals surface area (Å²) in [5.41, 5.74) is 0.773. The number of carbonyl (C=O) groups excluding carboxylic acids is 1. The summed E-state index contributed by atoms with van der Waals surface area (Å²) < 4.78 is 36.2. The summed E-state index contributed by atoms with van der Waals surface area (Å²) in [6.45, 7) is 0.226. The second-order valence-electron chi connectivity index (χ2n) is 6.99. The van der Waals surface area contributed by atoms with Gasteiger partial charge in [-0.05, 0) is 24.3 Å². The lowest BCUT2D eigenvalue weighted by Crippen LogP contribution is -2.33. The van der Waals surface area contributed by atoms with Gasteiger partial charge in [0.25, 0.3) is 5.91 Å². The van der Waals surface area contributed by atoms with E-state index in [1.807, 2.05) is 18.2 Å². The average molecular weight is 408 g/mol. The third-order valence-electron chi connectivity index (χ3n) is 4.85. The fourth-order valence-corrected chi connectivity index (χ4v) is 4.31. The number of benzene rings is 1. The molecule has 2 aromatic rings. The maximum atomic E-state index is 12.7. The molecule has 152 valence electrons. The number of ether oxygens (including phenoxy) is 1. The highest BCUT2D eigenvalue weighted by atomic mass is 32.2. The van der Waals surface area contributed by atoms with Crippen LogP contribution in [-0.4, -0.2) is 74.8 Å². The van der Waals surface area contributed by atoms with Crippen LogP contribution in [0.5, 0.6) is 5.75 Å². The van der Waals surface area contributed by atoms with Crippen molar-refractivity contribution >= 4 is 15.9 Å². The van der Waals surface area contributed by atoms with Crippen molar-refractivity contribution in [3.8, 4) is 17.1 Å². The first kappa shape index (κ1) is 20.4. The van der Waals surface area contributed by atoms with Gasteiger partial charge in [-0.3, -0.25) is 4.79 Å². The predicted molar refractivity (Wildman–Crippen MR) is 104 cm³/mol. The van der Waals surface area contributed by atoms with E-state index in [9.17, 15) is 18.3 Å². The molecule has 8 nitrogen and oxygen atoms in total. The summed E-state index contributed by atoms with van der Waals surface area (Å²) in [4.78, 5) is 14.2. The summed E-state index contributed by atoms with van der Waals surface area (Å²) in [7, 11) is 0.998. The smallest absolute Gasteiger partial charge is 0.289 e. The Morgan fingerprint density at radius 3 is 2.71 bits per heavy atom. The van der Waals surface area contributed by atoms with Crippen LogP contribution in [0.1, 0.15) is 10.6 Å². The number of methoxy groups -OCH3 is 1. The zero-order chi connectivity index (χ0) is 20.5. The van der Waals surface area contributed by atoms with E-state index < -0.39 is 22.0 Å². The lowest BCUT2D eigenvalue weighted by molar-refractivity contribution is 0.0734. The number of sulfonamides is 1. The molecule has 9 heteroatoms. The van der Waals surface area contributed by atoms with Crippen LogP contribution in [0.25, 0.3) is 11.3 Å². The Kier molecular flexibility index (Phi) is 5.78. The number of hydrogen-bond acceptors (Lipinski definition) is 6. The molecule has 2 atom stereocenters. The number of amides is 1. The van der Waals surface area contributed by atoms with Crippen LogP contribution in [0.3, 0.4) is 0 Å². The zero-order valence-electron chi connectivity index (χ0n) is 16.0. The summed E-state index contributed by atoms with van der Waals surface area (Å²) in [6, 6.07) is 10.6. The maximum Gasteiger partial charge on any atom is 0.289 e. The number of nitrogens with zero attached hydrogens (tertiary/aromatic N) is 2. The Bertz CT molecular complexity index is 953. The normalized spacial score (nSPS) is 20.0. The number of hydrogen-bond donors (Lipinski definition) is 1. The summed E-state index contributed by atoms with van der Waals surface area (Å²) in [5.74, 6) is 0.212. The summed E-state index contributed by atoms with van der Waals surface area (Å²) in [6.07, 6.45) is -0.897. The van der Waals surface area contributed by atoms with Crippen LogP contribution in [0.15, 0.2) is 40.8 Å². The van der Waals surface area contributed by atoms with Crippen molar-refractivity contribution in [2.75, 3.05) is 40.0 Å². The topological polar surface area (TPSA) is 100 Å². The molecule has 3 rings (SSSR count). The van der Waals surface area contributed by atoms with E-state index in [0.29, 0.717) is 11.5 Å². The Balaban J connectivity index is 1.72. The minimum Gasteiger partial charge on any atom is -0.497 e. The number of likely N-dealkylation sites (tertiary alicyclic amines) is 1. The van der Waals surface area contributed by atoms with E-state index in [2.05, 4.69) is 0 Å². The summed E-state index contributed by atoms with van der Waals surface area (Å²) >= 11 is 0. The number of furan rings is 1. The van der Waals surface area contributed by atoms with Crippen molar-refractivity contribution in [1.82, 2.24) is 9.21 Å². The molecule has 1 aliphatic heterocycles. The zero-order valence-corrected chi connectivity index (χ0v) is 16.8. The minimum atomic E-state index is -3.47. The van der Waals surface area contributed by atoms with Crippen LogP contribution in [0.4, 0.5) is 0 Å². The molecule has 0 aliphatic carbocycles. The predicted octanol–water partition coefficient (Wildman–Crippen LogP) is 1.28. The number of rotatable bonds is 6. The molecule has 0 bridgehead atoms. The molecule has 0 unspecified atom stereocenters. The van der Waals surface area contributed by atoms with Gasteiger partial charge >= 0.3 is 0 Å². The van der Waals surface area contributed by atoms with Crippen LogP contribution in [-0.2, 0) is 10.0 Å². The van der Waals surface area contributed by atoms with Crippen molar-refractivity contribution in [2.24, 2.45) is 5.92 Å². The fraction of sp³-hybridized carbons (Fsp3) is 0.421. The van der Waals surface area contributed by atoms with Gasteiger partial charge < -0.3 is 19.2 Å². The molecule has 1 saturated heterocycles. The van der Waals surface area contributed by atoms with E-state index in [0.717, 1.165) is 9.87 Å². The van der Waals surface area contributed by atoms with Gasteiger partial charge in [-0.25, -0.2) is 12.7 Å². The molecule has 1 aliphatic rings. The molecule has 2 heterocycles. The molecule has 0 saturated carbocycles. The highest BCUT2D eigenvalue weighted by Gasteiger charge is 2.38. The molecule has 1 aromatic carbocycles. The van der Waals surface area contributed by atoms with Gasteiger partial charge in [0.2, 0.25) is 10.0 Å². The van der Waals surface area contributed by atoms with Gasteiger partial charge in [0.1, 0.15) is 11.5 Å². The van der Waals surface area contributed by atoms with Crippen molar-refractivity contribution in [3.63, 3.8) is 0 Å². The molecule has 1 aromatic heterocycles. The van der Waals surface area contributed by atoms with Gasteiger partial charge in [0.05, 0.1) is 19.0 Å². The van der Waals surface area contributed by atoms with Crippen LogP contribution in [0, 0.1) is 5.92 Å². The molecule has 1 N–H and O–H groups in total. The van der Waals surface area contributed by atoms with E-state index in [-0.39, 0.29) is 30.5 Å². The van der Waals surface area contributed by atoms with E-state index in [4.69, 9.17) is 9.15 Å². The van der Waals surface area contributed by atoms with E-state index in [1.54, 1.807) is 25.3 Å². The average Bonchev–Trinajstić information content (AvgIpc) is 3.28. The molecule has 0 spiro atoms. The number of aliphatic hydroxyl groups is 1. The number of carbonyl (C=O) groups is 1.